The van der Waals surface area contributed by atoms with Gasteiger partial charge in [0.15, 0.2) is 5.78 Å². The van der Waals surface area contributed by atoms with Crippen LogP contribution >= 0.6 is 11.3 Å². The fourth-order valence-electron chi connectivity index (χ4n) is 4.71. The average molecular weight is 460 g/mol. The standard InChI is InChI=1S/C25H25N5O2S/c1-28-22-5-2-17(11-23(22)33-25(28)32)18-10-21(14-26-12-18)29-8-6-16(7-9-29)24(31)19-13-27-30(15-19)20-3-4-20/h2,5,10-16,20H,3-4,6-9H2,1H3. The molecular weight excluding hydrogens is 434 g/mol. The summed E-state index contributed by atoms with van der Waals surface area (Å²) in [6, 6.07) is 8.76. The number of carbonyl (C=O) groups excluding carboxylic acids is 1. The average Bonchev–Trinajstić information content (AvgIpc) is 3.52. The molecular formula is C25H25N5O2S. The van der Waals surface area contributed by atoms with Crippen molar-refractivity contribution in [3.63, 3.8) is 0 Å². The number of hydrogen-bond acceptors (Lipinski definition) is 6. The molecule has 1 saturated carbocycles. The van der Waals surface area contributed by atoms with Crippen LogP contribution < -0.4 is 9.77 Å². The molecule has 3 aromatic heterocycles. The lowest BCUT2D eigenvalue weighted by Crippen LogP contribution is -2.36. The summed E-state index contributed by atoms with van der Waals surface area (Å²) in [7, 11) is 1.80. The van der Waals surface area contributed by atoms with Crippen molar-refractivity contribution in [2.75, 3.05) is 18.0 Å². The van der Waals surface area contributed by atoms with E-state index in [4.69, 9.17) is 0 Å². The van der Waals surface area contributed by atoms with Crippen molar-refractivity contribution >= 4 is 33.0 Å². The van der Waals surface area contributed by atoms with Crippen LogP contribution in [0.25, 0.3) is 21.3 Å². The first-order valence-corrected chi connectivity index (χ1v) is 12.3. The van der Waals surface area contributed by atoms with E-state index in [-0.39, 0.29) is 16.6 Å². The number of aryl methyl sites for hydroxylation is 1. The molecule has 1 aliphatic carbocycles. The number of aromatic nitrogens is 4. The van der Waals surface area contributed by atoms with Crippen molar-refractivity contribution in [2.45, 2.75) is 31.7 Å². The summed E-state index contributed by atoms with van der Waals surface area (Å²) in [4.78, 5) is 31.8. The number of pyridine rings is 1. The van der Waals surface area contributed by atoms with Gasteiger partial charge in [-0.3, -0.25) is 19.3 Å². The van der Waals surface area contributed by atoms with Crippen molar-refractivity contribution < 1.29 is 4.79 Å². The Kier molecular flexibility index (Phi) is 4.90. The molecule has 33 heavy (non-hydrogen) atoms. The van der Waals surface area contributed by atoms with Crippen LogP contribution in [0, 0.1) is 5.92 Å². The molecule has 7 nitrogen and oxygen atoms in total. The first-order valence-electron chi connectivity index (χ1n) is 11.4. The second-order valence-corrected chi connectivity index (χ2v) is 10.1. The SMILES string of the molecule is Cn1c(=O)sc2cc(-c3cncc(N4CCC(C(=O)c5cnn(C6CC6)c5)CC4)c3)ccc21. The van der Waals surface area contributed by atoms with Crippen LogP contribution in [0.1, 0.15) is 42.1 Å². The first-order chi connectivity index (χ1) is 16.1. The third kappa shape index (κ3) is 3.78. The number of nitrogens with zero attached hydrogens (tertiary/aromatic N) is 5. The smallest absolute Gasteiger partial charge is 0.307 e. The Balaban J connectivity index is 1.16. The van der Waals surface area contributed by atoms with E-state index >= 15 is 0 Å². The van der Waals surface area contributed by atoms with E-state index in [0.717, 1.165) is 58.5 Å². The summed E-state index contributed by atoms with van der Waals surface area (Å²) >= 11 is 1.27. The molecule has 0 amide bonds. The molecule has 2 aliphatic rings. The van der Waals surface area contributed by atoms with Crippen LogP contribution in [0.4, 0.5) is 5.69 Å². The molecule has 0 N–H and O–H groups in total. The number of piperidine rings is 1. The maximum atomic E-state index is 13.0. The number of rotatable bonds is 5. The first kappa shape index (κ1) is 20.4. The van der Waals surface area contributed by atoms with Gasteiger partial charge in [-0.25, -0.2) is 0 Å². The van der Waals surface area contributed by atoms with E-state index in [9.17, 15) is 9.59 Å². The molecule has 0 spiro atoms. The van der Waals surface area contributed by atoms with E-state index in [1.54, 1.807) is 17.8 Å². The maximum Gasteiger partial charge on any atom is 0.307 e. The van der Waals surface area contributed by atoms with Crippen LogP contribution in [0.3, 0.4) is 0 Å². The minimum atomic E-state index is 0.0475. The molecule has 168 valence electrons. The molecule has 2 fully saturated rings. The predicted octanol–water partition coefficient (Wildman–Crippen LogP) is 4.29. The van der Waals surface area contributed by atoms with Gasteiger partial charge in [0, 0.05) is 44.0 Å². The number of benzene rings is 1. The lowest BCUT2D eigenvalue weighted by molar-refractivity contribution is 0.0900. The molecule has 0 radical (unpaired) electrons. The molecule has 1 aromatic carbocycles. The normalized spacial score (nSPS) is 17.1. The monoisotopic (exact) mass is 459 g/mol. The Bertz CT molecular complexity index is 1410. The van der Waals surface area contributed by atoms with Gasteiger partial charge >= 0.3 is 4.87 Å². The highest BCUT2D eigenvalue weighted by Gasteiger charge is 2.29. The van der Waals surface area contributed by atoms with Crippen molar-refractivity contribution in [1.29, 1.82) is 0 Å². The van der Waals surface area contributed by atoms with E-state index in [1.807, 2.05) is 35.4 Å². The highest BCUT2D eigenvalue weighted by Crippen LogP contribution is 2.35. The van der Waals surface area contributed by atoms with Gasteiger partial charge in [0.1, 0.15) is 0 Å². The Labute approximate surface area is 195 Å². The summed E-state index contributed by atoms with van der Waals surface area (Å²) in [5.74, 6) is 0.279. The summed E-state index contributed by atoms with van der Waals surface area (Å²) in [5.41, 5.74) is 4.86. The largest absolute Gasteiger partial charge is 0.370 e. The van der Waals surface area contributed by atoms with Gasteiger partial charge in [0.2, 0.25) is 0 Å². The second kappa shape index (κ2) is 7.95. The molecule has 4 aromatic rings. The number of Topliss-reactive ketones (excluding diaryl/α,β-unsaturated/α-hetero) is 1. The number of ketones is 1. The zero-order valence-electron chi connectivity index (χ0n) is 18.5. The highest BCUT2D eigenvalue weighted by molar-refractivity contribution is 7.16. The molecule has 0 bridgehead atoms. The topological polar surface area (TPSA) is 73.0 Å². The summed E-state index contributed by atoms with van der Waals surface area (Å²) in [5, 5.41) is 4.38. The van der Waals surface area contributed by atoms with Gasteiger partial charge in [-0.05, 0) is 49.4 Å². The summed E-state index contributed by atoms with van der Waals surface area (Å²) in [6.45, 7) is 1.66. The Hall–Kier alpha value is -3.26. The minimum Gasteiger partial charge on any atom is -0.370 e. The van der Waals surface area contributed by atoms with Crippen LogP contribution in [0.5, 0.6) is 0 Å². The lowest BCUT2D eigenvalue weighted by atomic mass is 9.90. The number of hydrogen-bond donors (Lipinski definition) is 0. The second-order valence-electron chi connectivity index (χ2n) is 9.11. The van der Waals surface area contributed by atoms with Gasteiger partial charge in [-0.1, -0.05) is 17.4 Å². The molecule has 1 saturated heterocycles. The Morgan fingerprint density at radius 1 is 1.03 bits per heavy atom. The molecule has 1 aliphatic heterocycles. The quantitative estimate of drug-likeness (QED) is 0.416. The number of thiazole rings is 1. The summed E-state index contributed by atoms with van der Waals surface area (Å²) in [6.07, 6.45) is 11.4. The fourth-order valence-corrected chi connectivity index (χ4v) is 5.63. The molecule has 0 atom stereocenters. The van der Waals surface area contributed by atoms with Crippen molar-refractivity contribution in [1.82, 2.24) is 19.3 Å². The number of carbonyl (C=O) groups is 1. The fraction of sp³-hybridized carbons (Fsp3) is 0.360. The van der Waals surface area contributed by atoms with Crippen LogP contribution in [0.15, 0.2) is 53.8 Å². The zero-order chi connectivity index (χ0) is 22.5. The third-order valence-electron chi connectivity index (χ3n) is 6.89. The number of fused-ring (bicyclic) bond motifs is 1. The van der Waals surface area contributed by atoms with Gasteiger partial charge < -0.3 is 9.47 Å². The highest BCUT2D eigenvalue weighted by atomic mass is 32.1. The number of anilines is 1. The molecule has 8 heteroatoms. The molecule has 0 unspecified atom stereocenters. The summed E-state index contributed by atoms with van der Waals surface area (Å²) < 4.78 is 4.61. The molecule has 4 heterocycles. The molecule has 6 rings (SSSR count). The lowest BCUT2D eigenvalue weighted by Gasteiger charge is -2.32. The van der Waals surface area contributed by atoms with E-state index < -0.39 is 0 Å². The Morgan fingerprint density at radius 3 is 2.64 bits per heavy atom. The van der Waals surface area contributed by atoms with Crippen molar-refractivity contribution in [2.24, 2.45) is 13.0 Å². The van der Waals surface area contributed by atoms with Crippen molar-refractivity contribution in [3.05, 3.63) is 64.3 Å². The van der Waals surface area contributed by atoms with Crippen LogP contribution in [-0.4, -0.2) is 38.2 Å². The van der Waals surface area contributed by atoms with Gasteiger partial charge in [-0.2, -0.15) is 5.10 Å². The Morgan fingerprint density at radius 2 is 1.85 bits per heavy atom. The van der Waals surface area contributed by atoms with Gasteiger partial charge in [0.05, 0.1) is 39.9 Å². The van der Waals surface area contributed by atoms with E-state index in [1.165, 1.54) is 24.2 Å². The van der Waals surface area contributed by atoms with Crippen LogP contribution in [0.2, 0.25) is 0 Å². The van der Waals surface area contributed by atoms with E-state index in [2.05, 4.69) is 27.1 Å². The zero-order valence-corrected chi connectivity index (χ0v) is 19.3. The predicted molar refractivity (Wildman–Crippen MR) is 130 cm³/mol. The van der Waals surface area contributed by atoms with E-state index in [0.29, 0.717) is 6.04 Å². The van der Waals surface area contributed by atoms with Crippen LogP contribution in [-0.2, 0) is 7.05 Å². The minimum absolute atomic E-state index is 0.0475. The van der Waals surface area contributed by atoms with Gasteiger partial charge in [0.25, 0.3) is 0 Å². The maximum absolute atomic E-state index is 13.0. The third-order valence-corrected chi connectivity index (χ3v) is 7.88. The van der Waals surface area contributed by atoms with Crippen molar-refractivity contribution in [3.8, 4) is 11.1 Å². The van der Waals surface area contributed by atoms with Gasteiger partial charge in [-0.15, -0.1) is 0 Å².